The van der Waals surface area contributed by atoms with E-state index in [0.717, 1.165) is 17.2 Å². The van der Waals surface area contributed by atoms with E-state index in [1.807, 2.05) is 32.3 Å². The van der Waals surface area contributed by atoms with Gasteiger partial charge in [-0.05, 0) is 19.1 Å². The van der Waals surface area contributed by atoms with E-state index in [4.69, 9.17) is 0 Å². The Hall–Kier alpha value is -2.10. The first-order chi connectivity index (χ1) is 7.75. The van der Waals surface area contributed by atoms with Crippen LogP contribution in [0.4, 0.5) is 0 Å². The normalized spacial score (nSPS) is 11.1. The average Bonchev–Trinajstić information content (AvgIpc) is 2.86. The first-order valence-electron chi connectivity index (χ1n) is 5.19. The SMILES string of the molecule is Cc1nc(-c2cccc3c2ccn3C)n[nH]1. The van der Waals surface area contributed by atoms with Gasteiger partial charge in [-0.2, -0.15) is 5.10 Å². The summed E-state index contributed by atoms with van der Waals surface area (Å²) in [6.45, 7) is 1.90. The zero-order valence-electron chi connectivity index (χ0n) is 9.23. The average molecular weight is 212 g/mol. The van der Waals surface area contributed by atoms with Crippen molar-refractivity contribution in [3.05, 3.63) is 36.3 Å². The number of hydrogen-bond acceptors (Lipinski definition) is 2. The maximum atomic E-state index is 4.36. The summed E-state index contributed by atoms with van der Waals surface area (Å²) in [6, 6.07) is 8.27. The molecule has 4 nitrogen and oxygen atoms in total. The Balaban J connectivity index is 2.31. The largest absolute Gasteiger partial charge is 0.351 e. The summed E-state index contributed by atoms with van der Waals surface area (Å²) in [5.74, 6) is 1.59. The zero-order valence-corrected chi connectivity index (χ0v) is 9.23. The lowest BCUT2D eigenvalue weighted by Crippen LogP contribution is -1.86. The minimum absolute atomic E-state index is 0.759. The highest BCUT2D eigenvalue weighted by Gasteiger charge is 2.09. The second kappa shape index (κ2) is 3.20. The van der Waals surface area contributed by atoms with Crippen molar-refractivity contribution < 1.29 is 0 Å². The van der Waals surface area contributed by atoms with Crippen molar-refractivity contribution in [3.63, 3.8) is 0 Å². The molecule has 2 aromatic heterocycles. The fraction of sp³-hybridized carbons (Fsp3) is 0.167. The predicted molar refractivity (Wildman–Crippen MR) is 63.0 cm³/mol. The molecule has 0 aliphatic heterocycles. The van der Waals surface area contributed by atoms with Crippen LogP contribution >= 0.6 is 0 Å². The summed E-state index contributed by atoms with van der Waals surface area (Å²) in [5.41, 5.74) is 2.27. The van der Waals surface area contributed by atoms with E-state index in [-0.39, 0.29) is 0 Å². The van der Waals surface area contributed by atoms with Gasteiger partial charge in [-0.15, -0.1) is 0 Å². The summed E-state index contributed by atoms with van der Waals surface area (Å²) in [5, 5.41) is 8.25. The maximum Gasteiger partial charge on any atom is 0.181 e. The fourth-order valence-electron chi connectivity index (χ4n) is 1.96. The molecular formula is C12H12N4. The molecule has 0 aliphatic carbocycles. The van der Waals surface area contributed by atoms with E-state index in [2.05, 4.69) is 31.9 Å². The Kier molecular flexibility index (Phi) is 1.83. The molecule has 0 saturated heterocycles. The van der Waals surface area contributed by atoms with Crippen LogP contribution < -0.4 is 0 Å². The molecule has 1 aromatic carbocycles. The van der Waals surface area contributed by atoms with E-state index in [1.165, 1.54) is 10.9 Å². The van der Waals surface area contributed by atoms with E-state index in [0.29, 0.717) is 0 Å². The molecule has 2 heterocycles. The van der Waals surface area contributed by atoms with Gasteiger partial charge in [-0.3, -0.25) is 5.10 Å². The molecule has 0 aliphatic rings. The molecule has 1 N–H and O–H groups in total. The van der Waals surface area contributed by atoms with Gasteiger partial charge in [0, 0.05) is 29.7 Å². The van der Waals surface area contributed by atoms with Gasteiger partial charge in [0.25, 0.3) is 0 Å². The number of aromatic amines is 1. The second-order valence-electron chi connectivity index (χ2n) is 3.91. The van der Waals surface area contributed by atoms with E-state index >= 15 is 0 Å². The monoisotopic (exact) mass is 212 g/mol. The lowest BCUT2D eigenvalue weighted by atomic mass is 10.1. The lowest BCUT2D eigenvalue weighted by molar-refractivity contribution is 0.969. The number of aromatic nitrogens is 4. The van der Waals surface area contributed by atoms with Gasteiger partial charge < -0.3 is 4.57 Å². The van der Waals surface area contributed by atoms with Gasteiger partial charge in [-0.1, -0.05) is 12.1 Å². The molecule has 3 rings (SSSR count). The maximum absolute atomic E-state index is 4.36. The van der Waals surface area contributed by atoms with Gasteiger partial charge in [0.1, 0.15) is 5.82 Å². The zero-order chi connectivity index (χ0) is 11.1. The standard InChI is InChI=1S/C12H12N4/c1-8-13-12(15-14-8)10-4-3-5-11-9(10)6-7-16(11)2/h3-7H,1-2H3,(H,13,14,15). The number of rotatable bonds is 1. The van der Waals surface area contributed by atoms with E-state index in [1.54, 1.807) is 0 Å². The van der Waals surface area contributed by atoms with Crippen LogP contribution in [0.25, 0.3) is 22.3 Å². The third-order valence-corrected chi connectivity index (χ3v) is 2.77. The minimum atomic E-state index is 0.759. The van der Waals surface area contributed by atoms with Gasteiger partial charge in [0.15, 0.2) is 5.82 Å². The fourth-order valence-corrected chi connectivity index (χ4v) is 1.96. The van der Waals surface area contributed by atoms with Gasteiger partial charge >= 0.3 is 0 Å². The summed E-state index contributed by atoms with van der Waals surface area (Å²) in [7, 11) is 2.04. The van der Waals surface area contributed by atoms with E-state index in [9.17, 15) is 0 Å². The van der Waals surface area contributed by atoms with Crippen molar-refractivity contribution in [1.29, 1.82) is 0 Å². The number of nitrogens with zero attached hydrogens (tertiary/aromatic N) is 3. The van der Waals surface area contributed by atoms with Crippen LogP contribution in [0.1, 0.15) is 5.82 Å². The van der Waals surface area contributed by atoms with Crippen molar-refractivity contribution in [2.75, 3.05) is 0 Å². The molecule has 0 saturated carbocycles. The van der Waals surface area contributed by atoms with Crippen LogP contribution in [0.15, 0.2) is 30.5 Å². The Morgan fingerprint density at radius 3 is 2.88 bits per heavy atom. The number of H-pyrrole nitrogens is 1. The number of benzene rings is 1. The summed E-state index contributed by atoms with van der Waals surface area (Å²) in [4.78, 5) is 4.36. The molecule has 3 aromatic rings. The Labute approximate surface area is 92.9 Å². The quantitative estimate of drug-likeness (QED) is 0.672. The van der Waals surface area contributed by atoms with Crippen LogP contribution in [0, 0.1) is 6.92 Å². The molecule has 0 fully saturated rings. The number of aryl methyl sites for hydroxylation is 2. The summed E-state index contributed by atoms with van der Waals surface area (Å²) in [6.07, 6.45) is 2.05. The topological polar surface area (TPSA) is 46.5 Å². The molecule has 0 atom stereocenters. The Morgan fingerprint density at radius 2 is 2.12 bits per heavy atom. The number of fused-ring (bicyclic) bond motifs is 1. The minimum Gasteiger partial charge on any atom is -0.351 e. The van der Waals surface area contributed by atoms with Crippen molar-refractivity contribution in [2.24, 2.45) is 7.05 Å². The molecule has 0 radical (unpaired) electrons. The lowest BCUT2D eigenvalue weighted by Gasteiger charge is -1.99. The van der Waals surface area contributed by atoms with Crippen LogP contribution in [0.5, 0.6) is 0 Å². The van der Waals surface area contributed by atoms with Crippen molar-refractivity contribution in [1.82, 2.24) is 19.7 Å². The molecular weight excluding hydrogens is 200 g/mol. The molecule has 0 bridgehead atoms. The number of nitrogens with one attached hydrogen (secondary N) is 1. The van der Waals surface area contributed by atoms with E-state index < -0.39 is 0 Å². The van der Waals surface area contributed by atoms with Gasteiger partial charge in [-0.25, -0.2) is 4.98 Å². The summed E-state index contributed by atoms with van der Waals surface area (Å²) >= 11 is 0. The molecule has 0 spiro atoms. The Morgan fingerprint density at radius 1 is 1.25 bits per heavy atom. The van der Waals surface area contributed by atoms with Crippen LogP contribution in [0.2, 0.25) is 0 Å². The highest BCUT2D eigenvalue weighted by molar-refractivity contribution is 5.93. The van der Waals surface area contributed by atoms with Crippen LogP contribution in [-0.2, 0) is 7.05 Å². The first kappa shape index (κ1) is 9.15. The Bertz CT molecular complexity index is 648. The summed E-state index contributed by atoms with van der Waals surface area (Å²) < 4.78 is 2.10. The van der Waals surface area contributed by atoms with Crippen LogP contribution in [-0.4, -0.2) is 19.7 Å². The third kappa shape index (κ3) is 1.23. The van der Waals surface area contributed by atoms with Gasteiger partial charge in [0.2, 0.25) is 0 Å². The highest BCUT2D eigenvalue weighted by Crippen LogP contribution is 2.26. The van der Waals surface area contributed by atoms with Gasteiger partial charge in [0.05, 0.1) is 0 Å². The smallest absolute Gasteiger partial charge is 0.181 e. The van der Waals surface area contributed by atoms with Crippen molar-refractivity contribution in [3.8, 4) is 11.4 Å². The van der Waals surface area contributed by atoms with Crippen LogP contribution in [0.3, 0.4) is 0 Å². The second-order valence-corrected chi connectivity index (χ2v) is 3.91. The van der Waals surface area contributed by atoms with Crippen molar-refractivity contribution in [2.45, 2.75) is 6.92 Å². The molecule has 0 unspecified atom stereocenters. The molecule has 0 amide bonds. The molecule has 80 valence electrons. The first-order valence-corrected chi connectivity index (χ1v) is 5.19. The molecule has 16 heavy (non-hydrogen) atoms. The number of hydrogen-bond donors (Lipinski definition) is 1. The predicted octanol–water partition coefficient (Wildman–Crippen LogP) is 2.27. The van der Waals surface area contributed by atoms with Crippen molar-refractivity contribution >= 4 is 10.9 Å². The highest BCUT2D eigenvalue weighted by atomic mass is 15.2. The molecule has 4 heteroatoms. The third-order valence-electron chi connectivity index (χ3n) is 2.77.